The number of benzene rings is 1. The lowest BCUT2D eigenvalue weighted by Gasteiger charge is -2.33. The minimum absolute atomic E-state index is 0.00120. The molecule has 0 aliphatic carbocycles. The molecule has 12 heteroatoms. The van der Waals surface area contributed by atoms with Crippen LogP contribution in [0.25, 0.3) is 22.4 Å². The van der Waals surface area contributed by atoms with Gasteiger partial charge in [0, 0.05) is 24.5 Å². The summed E-state index contributed by atoms with van der Waals surface area (Å²) in [5.74, 6) is 0.0870. The van der Waals surface area contributed by atoms with Gasteiger partial charge >= 0.3 is 6.18 Å². The van der Waals surface area contributed by atoms with Crippen molar-refractivity contribution >= 4 is 16.9 Å². The quantitative estimate of drug-likeness (QED) is 0.408. The molecular weight excluding hydrogens is 465 g/mol. The number of fused-ring (bicyclic) bond motifs is 2. The number of alkyl halides is 3. The minimum atomic E-state index is -4.41. The number of hydrogen-bond donors (Lipinski definition) is 1. The van der Waals surface area contributed by atoms with Crippen molar-refractivity contribution in [2.24, 2.45) is 0 Å². The molecule has 35 heavy (non-hydrogen) atoms. The molecule has 1 amide bonds. The van der Waals surface area contributed by atoms with Crippen LogP contribution < -0.4 is 0 Å². The van der Waals surface area contributed by atoms with Crippen molar-refractivity contribution in [2.45, 2.75) is 25.2 Å². The summed E-state index contributed by atoms with van der Waals surface area (Å²) in [6, 6.07) is 8.87. The van der Waals surface area contributed by atoms with E-state index in [1.165, 1.54) is 18.6 Å². The van der Waals surface area contributed by atoms with E-state index in [4.69, 9.17) is 8.83 Å². The molecule has 4 aromatic heterocycles. The molecule has 0 radical (unpaired) electrons. The summed E-state index contributed by atoms with van der Waals surface area (Å²) < 4.78 is 50.4. The summed E-state index contributed by atoms with van der Waals surface area (Å²) in [7, 11) is 0. The summed E-state index contributed by atoms with van der Waals surface area (Å²) in [5, 5.41) is 4.59. The number of rotatable bonds is 4. The first-order valence-corrected chi connectivity index (χ1v) is 10.7. The molecule has 0 spiro atoms. The molecule has 9 nitrogen and oxygen atoms in total. The second kappa shape index (κ2) is 7.86. The van der Waals surface area contributed by atoms with E-state index in [-0.39, 0.29) is 17.2 Å². The molecule has 0 unspecified atom stereocenters. The van der Waals surface area contributed by atoms with E-state index >= 15 is 0 Å². The number of halogens is 3. The van der Waals surface area contributed by atoms with Crippen LogP contribution in [-0.4, -0.2) is 48.3 Å². The van der Waals surface area contributed by atoms with Gasteiger partial charge < -0.3 is 18.7 Å². The second-order valence-electron chi connectivity index (χ2n) is 8.17. The van der Waals surface area contributed by atoms with E-state index in [9.17, 15) is 18.0 Å². The van der Waals surface area contributed by atoms with Gasteiger partial charge in [-0.3, -0.25) is 9.48 Å². The zero-order chi connectivity index (χ0) is 24.2. The maximum Gasteiger partial charge on any atom is 0.408 e. The maximum atomic E-state index is 13.5. The van der Waals surface area contributed by atoms with Crippen LogP contribution in [0.5, 0.6) is 0 Å². The smallest absolute Gasteiger partial charge is 0.408 e. The first-order valence-electron chi connectivity index (χ1n) is 10.7. The van der Waals surface area contributed by atoms with Crippen LogP contribution in [0.15, 0.2) is 64.1 Å². The third kappa shape index (κ3) is 3.86. The Hall–Kier alpha value is -4.35. The predicted octanol–water partition coefficient (Wildman–Crippen LogP) is 4.36. The SMILES string of the molecule is O=C(c1cnc(-c2cnn(CC(F)(F)F)c2)o1)N1CCc2nc[nH]c2[C@H]1c1cc2ccccc2o1. The Morgan fingerprint density at radius 3 is 2.86 bits per heavy atom. The molecule has 1 aliphatic heterocycles. The Kier molecular flexibility index (Phi) is 4.76. The highest BCUT2D eigenvalue weighted by atomic mass is 19.4. The zero-order valence-electron chi connectivity index (χ0n) is 18.0. The molecule has 1 atom stereocenters. The fraction of sp³-hybridized carbons (Fsp3) is 0.217. The molecule has 1 aromatic carbocycles. The maximum absolute atomic E-state index is 13.5. The van der Waals surface area contributed by atoms with Crippen LogP contribution in [0.1, 0.15) is 33.7 Å². The highest BCUT2D eigenvalue weighted by Crippen LogP contribution is 2.37. The van der Waals surface area contributed by atoms with Crippen LogP contribution >= 0.6 is 0 Å². The topological polar surface area (TPSA) is 106 Å². The predicted molar refractivity (Wildman–Crippen MR) is 115 cm³/mol. The molecule has 5 aromatic rings. The molecule has 1 N–H and O–H groups in total. The van der Waals surface area contributed by atoms with E-state index in [2.05, 4.69) is 20.1 Å². The average Bonchev–Trinajstić information content (AvgIpc) is 3.62. The van der Waals surface area contributed by atoms with Crippen molar-refractivity contribution in [3.05, 3.63) is 78.2 Å². The van der Waals surface area contributed by atoms with Crippen molar-refractivity contribution in [3.8, 4) is 11.5 Å². The Bertz CT molecular complexity index is 1500. The number of furan rings is 1. The number of nitrogens with zero attached hydrogens (tertiary/aromatic N) is 5. The summed E-state index contributed by atoms with van der Waals surface area (Å²) >= 11 is 0. The van der Waals surface area contributed by atoms with Gasteiger partial charge in [0.15, 0.2) is 0 Å². The van der Waals surface area contributed by atoms with Gasteiger partial charge in [-0.15, -0.1) is 0 Å². The van der Waals surface area contributed by atoms with Crippen molar-refractivity contribution < 1.29 is 26.8 Å². The zero-order valence-corrected chi connectivity index (χ0v) is 18.0. The minimum Gasteiger partial charge on any atom is -0.458 e. The fourth-order valence-corrected chi connectivity index (χ4v) is 4.32. The van der Waals surface area contributed by atoms with E-state index < -0.39 is 24.7 Å². The van der Waals surface area contributed by atoms with Crippen LogP contribution in [-0.2, 0) is 13.0 Å². The van der Waals surface area contributed by atoms with Gasteiger partial charge in [0.25, 0.3) is 5.91 Å². The Balaban J connectivity index is 1.32. The number of aromatic amines is 1. The molecule has 0 saturated carbocycles. The lowest BCUT2D eigenvalue weighted by molar-refractivity contribution is -0.142. The number of imidazole rings is 1. The monoisotopic (exact) mass is 482 g/mol. The van der Waals surface area contributed by atoms with Gasteiger partial charge in [0.05, 0.1) is 35.7 Å². The molecule has 0 saturated heterocycles. The Labute approximate surface area is 195 Å². The summed E-state index contributed by atoms with van der Waals surface area (Å²) in [6.45, 7) is -0.878. The van der Waals surface area contributed by atoms with Gasteiger partial charge in [0.2, 0.25) is 11.7 Å². The second-order valence-corrected chi connectivity index (χ2v) is 8.17. The third-order valence-electron chi connectivity index (χ3n) is 5.84. The average molecular weight is 482 g/mol. The van der Waals surface area contributed by atoms with Gasteiger partial charge in [0.1, 0.15) is 23.9 Å². The van der Waals surface area contributed by atoms with Gasteiger partial charge in [-0.2, -0.15) is 18.3 Å². The largest absolute Gasteiger partial charge is 0.458 e. The van der Waals surface area contributed by atoms with Crippen LogP contribution in [0.3, 0.4) is 0 Å². The lowest BCUT2D eigenvalue weighted by Crippen LogP contribution is -2.40. The van der Waals surface area contributed by atoms with Gasteiger partial charge in [-0.1, -0.05) is 18.2 Å². The number of H-pyrrole nitrogens is 1. The summed E-state index contributed by atoms with van der Waals surface area (Å²) in [4.78, 5) is 26.7. The number of nitrogens with one attached hydrogen (secondary N) is 1. The number of amides is 1. The number of oxazole rings is 1. The number of hydrogen-bond acceptors (Lipinski definition) is 6. The number of para-hydroxylation sites is 1. The Morgan fingerprint density at radius 2 is 2.03 bits per heavy atom. The number of aromatic nitrogens is 5. The molecule has 1 aliphatic rings. The van der Waals surface area contributed by atoms with Crippen molar-refractivity contribution in [1.82, 2.24) is 29.6 Å². The van der Waals surface area contributed by atoms with Crippen molar-refractivity contribution in [2.75, 3.05) is 6.54 Å². The Morgan fingerprint density at radius 1 is 1.17 bits per heavy atom. The molecule has 6 rings (SSSR count). The summed E-state index contributed by atoms with van der Waals surface area (Å²) in [5.41, 5.74) is 2.52. The van der Waals surface area contributed by atoms with E-state index in [0.29, 0.717) is 24.3 Å². The molecule has 5 heterocycles. The van der Waals surface area contributed by atoms with Gasteiger partial charge in [-0.05, 0) is 12.1 Å². The van der Waals surface area contributed by atoms with E-state index in [0.717, 1.165) is 21.5 Å². The van der Waals surface area contributed by atoms with Crippen molar-refractivity contribution in [3.63, 3.8) is 0 Å². The van der Waals surface area contributed by atoms with Crippen LogP contribution in [0.4, 0.5) is 13.2 Å². The van der Waals surface area contributed by atoms with Crippen LogP contribution in [0.2, 0.25) is 0 Å². The van der Waals surface area contributed by atoms with E-state index in [1.54, 1.807) is 11.2 Å². The molecule has 0 fully saturated rings. The van der Waals surface area contributed by atoms with E-state index in [1.807, 2.05) is 30.3 Å². The molecule has 178 valence electrons. The van der Waals surface area contributed by atoms with Crippen molar-refractivity contribution in [1.29, 1.82) is 0 Å². The first-order chi connectivity index (χ1) is 16.9. The molecular formula is C23H17F3N6O3. The lowest BCUT2D eigenvalue weighted by atomic mass is 10.00. The number of carbonyl (C=O) groups excluding carboxylic acids is 1. The first kappa shape index (κ1) is 21.2. The fourth-order valence-electron chi connectivity index (χ4n) is 4.32. The molecule has 0 bridgehead atoms. The normalized spacial score (nSPS) is 16.1. The standard InChI is InChI=1S/C23H17F3N6O3/c24-23(25,26)11-31-10-14(8-30-31)21-27-9-18(35-21)22(33)32-6-5-15-19(29-12-28-15)20(32)17-7-13-3-1-2-4-16(13)34-17/h1-4,7-10,12,20H,5-6,11H2,(H,28,29)/t20-/m1/s1. The summed E-state index contributed by atoms with van der Waals surface area (Å²) in [6.07, 6.45) is 1.35. The highest BCUT2D eigenvalue weighted by Gasteiger charge is 2.38. The van der Waals surface area contributed by atoms with Crippen LogP contribution in [0, 0.1) is 0 Å². The third-order valence-corrected chi connectivity index (χ3v) is 5.84. The number of carbonyl (C=O) groups is 1. The van der Waals surface area contributed by atoms with Gasteiger partial charge in [-0.25, -0.2) is 9.97 Å². The highest BCUT2D eigenvalue weighted by molar-refractivity contribution is 5.92.